The van der Waals surface area contributed by atoms with Crippen LogP contribution < -0.4 is 5.73 Å². The number of carbonyl (C=O) groups is 1. The van der Waals surface area contributed by atoms with Gasteiger partial charge >= 0.3 is 5.97 Å². The zero-order chi connectivity index (χ0) is 14.6. The summed E-state index contributed by atoms with van der Waals surface area (Å²) in [4.78, 5) is 16.1. The molecule has 4 heteroatoms. The van der Waals surface area contributed by atoms with Crippen LogP contribution in [0, 0.1) is 5.41 Å². The normalized spacial score (nSPS) is 14.1. The van der Waals surface area contributed by atoms with Crippen molar-refractivity contribution in [3.63, 3.8) is 0 Å². The number of rotatable bonds is 6. The molecule has 1 aromatic carbocycles. The number of benzene rings is 1. The van der Waals surface area contributed by atoms with Crippen molar-refractivity contribution in [1.82, 2.24) is 4.98 Å². The molecule has 2 rings (SSSR count). The van der Waals surface area contributed by atoms with Gasteiger partial charge in [-0.2, -0.15) is 0 Å². The predicted molar refractivity (Wildman–Crippen MR) is 79.5 cm³/mol. The monoisotopic (exact) mass is 272 g/mol. The number of aromatic nitrogens is 1. The number of nitrogens with two attached hydrogens (primary N) is 1. The van der Waals surface area contributed by atoms with Crippen LogP contribution in [-0.2, 0) is 11.2 Å². The fourth-order valence-electron chi connectivity index (χ4n) is 2.69. The van der Waals surface area contributed by atoms with E-state index in [4.69, 9.17) is 5.73 Å². The maximum Gasteiger partial charge on any atom is 0.311 e. The lowest BCUT2D eigenvalue weighted by molar-refractivity contribution is -0.148. The molecule has 0 aliphatic carbocycles. The Morgan fingerprint density at radius 2 is 2.10 bits per heavy atom. The van der Waals surface area contributed by atoms with Crippen LogP contribution in [0.4, 0.5) is 0 Å². The second-order valence-electron chi connectivity index (χ2n) is 5.21. The van der Waals surface area contributed by atoms with E-state index in [1.165, 1.54) is 0 Å². The summed E-state index contributed by atoms with van der Waals surface area (Å²) in [6.45, 7) is 2.12. The number of hydrogen-bond acceptors (Lipinski definition) is 3. The van der Waals surface area contributed by atoms with Crippen LogP contribution in [-0.4, -0.2) is 22.6 Å². The quantitative estimate of drug-likeness (QED) is 0.847. The molecule has 1 atom stereocenters. The number of aliphatic carboxylic acids is 1. The van der Waals surface area contributed by atoms with E-state index in [-0.39, 0.29) is 6.54 Å². The van der Waals surface area contributed by atoms with Crippen molar-refractivity contribution >= 4 is 16.9 Å². The minimum atomic E-state index is -0.902. The molecule has 106 valence electrons. The number of carboxylic acids is 1. The van der Waals surface area contributed by atoms with Gasteiger partial charge in [0.2, 0.25) is 0 Å². The average molecular weight is 272 g/mol. The van der Waals surface area contributed by atoms with Gasteiger partial charge in [-0.05, 0) is 24.5 Å². The first kappa shape index (κ1) is 14.5. The van der Waals surface area contributed by atoms with E-state index < -0.39 is 11.4 Å². The Morgan fingerprint density at radius 3 is 2.75 bits per heavy atom. The number of hydrogen-bond donors (Lipinski definition) is 2. The van der Waals surface area contributed by atoms with Crippen molar-refractivity contribution in [1.29, 1.82) is 0 Å². The van der Waals surface area contributed by atoms with Crippen LogP contribution in [0.15, 0.2) is 36.5 Å². The van der Waals surface area contributed by atoms with Gasteiger partial charge in [-0.1, -0.05) is 37.6 Å². The molecule has 1 unspecified atom stereocenters. The maximum absolute atomic E-state index is 11.7. The highest BCUT2D eigenvalue weighted by atomic mass is 16.4. The zero-order valence-electron chi connectivity index (χ0n) is 11.7. The van der Waals surface area contributed by atoms with Gasteiger partial charge in [0.15, 0.2) is 0 Å². The molecule has 0 bridgehead atoms. The molecule has 0 fully saturated rings. The molecule has 0 aliphatic heterocycles. The Labute approximate surface area is 118 Å². The van der Waals surface area contributed by atoms with Gasteiger partial charge in [0, 0.05) is 18.1 Å². The smallest absolute Gasteiger partial charge is 0.311 e. The fourth-order valence-corrected chi connectivity index (χ4v) is 2.69. The highest BCUT2D eigenvalue weighted by Crippen LogP contribution is 2.30. The van der Waals surface area contributed by atoms with Gasteiger partial charge < -0.3 is 10.8 Å². The summed E-state index contributed by atoms with van der Waals surface area (Å²) in [6, 6.07) is 9.73. The number of para-hydroxylation sites is 1. The third-order valence-corrected chi connectivity index (χ3v) is 3.82. The summed E-state index contributed by atoms with van der Waals surface area (Å²) in [5, 5.41) is 10.6. The molecule has 0 aliphatic rings. The van der Waals surface area contributed by atoms with Crippen LogP contribution in [0.25, 0.3) is 10.9 Å². The molecule has 0 spiro atoms. The van der Waals surface area contributed by atoms with Gasteiger partial charge in [0.05, 0.1) is 10.9 Å². The second-order valence-corrected chi connectivity index (χ2v) is 5.21. The standard InChI is InChI=1S/C16H20N2O2/c1-2-8-16(11-17,15(19)20)10-13-6-3-5-12-7-4-9-18-14(12)13/h3-7,9H,2,8,10-11,17H2,1H3,(H,19,20). The summed E-state index contributed by atoms with van der Waals surface area (Å²) in [5.41, 5.74) is 6.70. The molecule has 1 aromatic heterocycles. The lowest BCUT2D eigenvalue weighted by Gasteiger charge is -2.28. The van der Waals surface area contributed by atoms with E-state index in [1.807, 2.05) is 37.3 Å². The van der Waals surface area contributed by atoms with Crippen molar-refractivity contribution in [2.75, 3.05) is 6.54 Å². The van der Waals surface area contributed by atoms with E-state index >= 15 is 0 Å². The van der Waals surface area contributed by atoms with E-state index in [0.717, 1.165) is 22.9 Å². The molecule has 0 saturated carbocycles. The van der Waals surface area contributed by atoms with Gasteiger partial charge in [-0.25, -0.2) is 0 Å². The largest absolute Gasteiger partial charge is 0.481 e. The Kier molecular flexibility index (Phi) is 4.35. The van der Waals surface area contributed by atoms with E-state index in [1.54, 1.807) is 6.20 Å². The Bertz CT molecular complexity index is 607. The number of carboxylic acid groups (broad SMARTS) is 1. The number of pyridine rings is 1. The molecule has 0 radical (unpaired) electrons. The minimum absolute atomic E-state index is 0.138. The highest BCUT2D eigenvalue weighted by molar-refractivity contribution is 5.83. The maximum atomic E-state index is 11.7. The lowest BCUT2D eigenvalue weighted by Crippen LogP contribution is -2.40. The zero-order valence-corrected chi connectivity index (χ0v) is 11.7. The summed E-state index contributed by atoms with van der Waals surface area (Å²) in [7, 11) is 0. The molecule has 3 N–H and O–H groups in total. The third kappa shape index (κ3) is 2.65. The van der Waals surface area contributed by atoms with Crippen LogP contribution in [0.5, 0.6) is 0 Å². The van der Waals surface area contributed by atoms with Crippen LogP contribution >= 0.6 is 0 Å². The Balaban J connectivity index is 2.45. The molecular weight excluding hydrogens is 252 g/mol. The topological polar surface area (TPSA) is 76.2 Å². The summed E-state index contributed by atoms with van der Waals surface area (Å²) >= 11 is 0. The van der Waals surface area contributed by atoms with Crippen LogP contribution in [0.1, 0.15) is 25.3 Å². The van der Waals surface area contributed by atoms with E-state index in [0.29, 0.717) is 12.8 Å². The van der Waals surface area contributed by atoms with E-state index in [9.17, 15) is 9.90 Å². The average Bonchev–Trinajstić information content (AvgIpc) is 2.46. The summed E-state index contributed by atoms with van der Waals surface area (Å²) in [6.07, 6.45) is 3.52. The van der Waals surface area contributed by atoms with Gasteiger partial charge in [-0.3, -0.25) is 9.78 Å². The van der Waals surface area contributed by atoms with Crippen LogP contribution in [0.3, 0.4) is 0 Å². The Morgan fingerprint density at radius 1 is 1.35 bits per heavy atom. The molecule has 0 saturated heterocycles. The summed E-state index contributed by atoms with van der Waals surface area (Å²) < 4.78 is 0. The van der Waals surface area contributed by atoms with Crippen molar-refractivity contribution in [2.24, 2.45) is 11.1 Å². The van der Waals surface area contributed by atoms with E-state index in [2.05, 4.69) is 4.98 Å². The van der Waals surface area contributed by atoms with Crippen molar-refractivity contribution in [3.8, 4) is 0 Å². The molecule has 2 aromatic rings. The minimum Gasteiger partial charge on any atom is -0.481 e. The second kappa shape index (κ2) is 6.01. The first-order chi connectivity index (χ1) is 9.63. The lowest BCUT2D eigenvalue weighted by atomic mass is 9.77. The molecular formula is C16H20N2O2. The first-order valence-corrected chi connectivity index (χ1v) is 6.89. The predicted octanol–water partition coefficient (Wildman–Crippen LogP) is 2.61. The van der Waals surface area contributed by atoms with Crippen LogP contribution in [0.2, 0.25) is 0 Å². The van der Waals surface area contributed by atoms with Gasteiger partial charge in [0.1, 0.15) is 0 Å². The fraction of sp³-hybridized carbons (Fsp3) is 0.375. The van der Waals surface area contributed by atoms with Crippen molar-refractivity contribution in [2.45, 2.75) is 26.2 Å². The SMILES string of the molecule is CCCC(CN)(Cc1cccc2cccnc12)C(=O)O. The number of nitrogens with zero attached hydrogens (tertiary/aromatic N) is 1. The van der Waals surface area contributed by atoms with Gasteiger partial charge in [0.25, 0.3) is 0 Å². The molecule has 1 heterocycles. The summed E-state index contributed by atoms with van der Waals surface area (Å²) in [5.74, 6) is -0.824. The van der Waals surface area contributed by atoms with Gasteiger partial charge in [-0.15, -0.1) is 0 Å². The molecule has 0 amide bonds. The molecule has 4 nitrogen and oxygen atoms in total. The molecule has 20 heavy (non-hydrogen) atoms. The highest BCUT2D eigenvalue weighted by Gasteiger charge is 2.36. The van der Waals surface area contributed by atoms with Crippen molar-refractivity contribution < 1.29 is 9.90 Å². The Hall–Kier alpha value is -1.94. The third-order valence-electron chi connectivity index (χ3n) is 3.82. The first-order valence-electron chi connectivity index (χ1n) is 6.89. The number of fused-ring (bicyclic) bond motifs is 1. The van der Waals surface area contributed by atoms with Crippen molar-refractivity contribution in [3.05, 3.63) is 42.1 Å².